The molecular formula is C14H21BrN4O4. The van der Waals surface area contributed by atoms with Gasteiger partial charge in [0.15, 0.2) is 5.96 Å². The number of carboxylic acids is 1. The zero-order chi connectivity index (χ0) is 16.6. The lowest BCUT2D eigenvalue weighted by molar-refractivity contribution is -0.162. The highest BCUT2D eigenvalue weighted by molar-refractivity contribution is 8.93. The number of carbonyl (C=O) groups is 2. The number of ether oxygens (including phenoxy) is 1. The molecule has 0 spiro atoms. The van der Waals surface area contributed by atoms with Gasteiger partial charge in [-0.05, 0) is 18.4 Å². The van der Waals surface area contributed by atoms with Crippen LogP contribution in [0.3, 0.4) is 0 Å². The molecule has 0 saturated carbocycles. The Hall–Kier alpha value is -2.13. The monoisotopic (exact) mass is 388 g/mol. The molecule has 0 saturated heterocycles. The van der Waals surface area contributed by atoms with Gasteiger partial charge >= 0.3 is 11.9 Å². The number of hydrogen-bond acceptors (Lipinski definition) is 5. The van der Waals surface area contributed by atoms with Crippen molar-refractivity contribution in [2.24, 2.45) is 11.5 Å². The van der Waals surface area contributed by atoms with E-state index in [0.717, 1.165) is 5.56 Å². The van der Waals surface area contributed by atoms with Crippen LogP contribution >= 0.6 is 17.0 Å². The first-order valence-corrected chi connectivity index (χ1v) is 6.67. The standard InChI is InChI=1S/C14H20N4O4.BrH/c15-13(16)18-8-4-7-14(17,11(19)20)12(21)22-9-10-5-2-1-3-6-10;/h1-3,5-6H,4,7-9,17H2,(H,19,20)(H4,15,16,18);1H/t14-;/m0./s1. The van der Waals surface area contributed by atoms with Crippen LogP contribution in [0.5, 0.6) is 0 Å². The maximum absolute atomic E-state index is 12.0. The highest BCUT2D eigenvalue weighted by Gasteiger charge is 2.43. The van der Waals surface area contributed by atoms with Crippen LogP contribution in [0.2, 0.25) is 0 Å². The zero-order valence-electron chi connectivity index (χ0n) is 12.5. The smallest absolute Gasteiger partial charge is 0.338 e. The van der Waals surface area contributed by atoms with E-state index in [2.05, 4.69) is 5.32 Å². The summed E-state index contributed by atoms with van der Waals surface area (Å²) >= 11 is 0. The van der Waals surface area contributed by atoms with Crippen LogP contribution in [-0.2, 0) is 20.9 Å². The van der Waals surface area contributed by atoms with Gasteiger partial charge in [-0.15, -0.1) is 17.0 Å². The lowest BCUT2D eigenvalue weighted by Gasteiger charge is -2.22. The molecule has 0 fully saturated rings. The molecule has 0 aliphatic carbocycles. The molecular weight excluding hydrogens is 368 g/mol. The quantitative estimate of drug-likeness (QED) is 0.141. The van der Waals surface area contributed by atoms with Crippen molar-refractivity contribution in [2.75, 3.05) is 6.54 Å². The van der Waals surface area contributed by atoms with Crippen molar-refractivity contribution < 1.29 is 19.4 Å². The van der Waals surface area contributed by atoms with Crippen molar-refractivity contribution in [3.05, 3.63) is 35.9 Å². The summed E-state index contributed by atoms with van der Waals surface area (Å²) in [5.74, 6) is -2.68. The van der Waals surface area contributed by atoms with Gasteiger partial charge in [-0.25, -0.2) is 9.59 Å². The van der Waals surface area contributed by atoms with Crippen molar-refractivity contribution in [1.82, 2.24) is 5.32 Å². The second-order valence-corrected chi connectivity index (χ2v) is 4.78. The summed E-state index contributed by atoms with van der Waals surface area (Å²) in [4.78, 5) is 23.3. The molecule has 0 heterocycles. The molecule has 0 amide bonds. The lowest BCUT2D eigenvalue weighted by Crippen LogP contribution is -2.56. The summed E-state index contributed by atoms with van der Waals surface area (Å²) in [5, 5.41) is 18.7. The van der Waals surface area contributed by atoms with E-state index in [-0.39, 0.29) is 48.9 Å². The Balaban J connectivity index is 0.00000484. The van der Waals surface area contributed by atoms with Gasteiger partial charge in [0.05, 0.1) is 0 Å². The number of aliphatic carboxylic acids is 1. The minimum atomic E-state index is -2.12. The number of nitrogens with two attached hydrogens (primary N) is 2. The van der Waals surface area contributed by atoms with E-state index in [0.29, 0.717) is 0 Å². The van der Waals surface area contributed by atoms with Gasteiger partial charge in [-0.2, -0.15) is 0 Å². The molecule has 0 aromatic heterocycles. The number of hydrogen-bond donors (Lipinski definition) is 5. The molecule has 0 unspecified atom stereocenters. The van der Waals surface area contributed by atoms with Crippen LogP contribution in [-0.4, -0.2) is 35.1 Å². The minimum Gasteiger partial charge on any atom is -0.479 e. The average molecular weight is 389 g/mol. The van der Waals surface area contributed by atoms with E-state index in [1.807, 2.05) is 6.07 Å². The van der Waals surface area contributed by atoms with Crippen LogP contribution in [0, 0.1) is 5.41 Å². The lowest BCUT2D eigenvalue weighted by atomic mass is 9.95. The maximum Gasteiger partial charge on any atom is 0.338 e. The third kappa shape index (κ3) is 6.66. The Morgan fingerprint density at radius 2 is 1.91 bits per heavy atom. The van der Waals surface area contributed by atoms with Crippen molar-refractivity contribution in [3.8, 4) is 0 Å². The van der Waals surface area contributed by atoms with Crippen molar-refractivity contribution in [2.45, 2.75) is 25.0 Å². The van der Waals surface area contributed by atoms with Crippen molar-refractivity contribution in [1.29, 1.82) is 5.41 Å². The van der Waals surface area contributed by atoms with Gasteiger partial charge in [0, 0.05) is 6.54 Å². The molecule has 23 heavy (non-hydrogen) atoms. The Morgan fingerprint density at radius 3 is 2.43 bits per heavy atom. The number of carbonyl (C=O) groups excluding carboxylic acids is 1. The molecule has 1 aromatic rings. The minimum absolute atomic E-state index is 0. The van der Waals surface area contributed by atoms with Crippen LogP contribution in [0.25, 0.3) is 0 Å². The summed E-state index contributed by atoms with van der Waals surface area (Å²) in [5.41, 5.74) is 9.41. The molecule has 1 rings (SSSR count). The third-order valence-electron chi connectivity index (χ3n) is 3.02. The Morgan fingerprint density at radius 1 is 1.30 bits per heavy atom. The zero-order valence-corrected chi connectivity index (χ0v) is 14.2. The van der Waals surface area contributed by atoms with E-state index < -0.39 is 17.5 Å². The van der Waals surface area contributed by atoms with Crippen LogP contribution in [0.4, 0.5) is 0 Å². The first-order valence-electron chi connectivity index (χ1n) is 6.67. The predicted molar refractivity (Wildman–Crippen MR) is 90.3 cm³/mol. The molecule has 0 aliphatic heterocycles. The largest absolute Gasteiger partial charge is 0.479 e. The van der Waals surface area contributed by atoms with Gasteiger partial charge in [0.2, 0.25) is 5.54 Å². The van der Waals surface area contributed by atoms with Crippen molar-refractivity contribution in [3.63, 3.8) is 0 Å². The number of nitrogens with one attached hydrogen (secondary N) is 2. The molecule has 1 aromatic carbocycles. The van der Waals surface area contributed by atoms with Crippen molar-refractivity contribution >= 4 is 34.9 Å². The average Bonchev–Trinajstić information content (AvgIpc) is 2.49. The highest BCUT2D eigenvalue weighted by Crippen LogP contribution is 2.14. The summed E-state index contributed by atoms with van der Waals surface area (Å²) in [6.45, 7) is 0.200. The molecule has 8 nitrogen and oxygen atoms in total. The van der Waals surface area contributed by atoms with Gasteiger partial charge in [0.1, 0.15) is 6.61 Å². The molecule has 0 radical (unpaired) electrons. The van der Waals surface area contributed by atoms with E-state index >= 15 is 0 Å². The molecule has 0 aliphatic rings. The summed E-state index contributed by atoms with van der Waals surface area (Å²) in [7, 11) is 0. The number of halogens is 1. The van der Waals surface area contributed by atoms with Gasteiger partial charge in [0.25, 0.3) is 0 Å². The molecule has 9 heteroatoms. The summed E-state index contributed by atoms with van der Waals surface area (Å²) in [6.07, 6.45) is 0.124. The molecule has 128 valence electrons. The fourth-order valence-corrected chi connectivity index (χ4v) is 1.74. The third-order valence-corrected chi connectivity index (χ3v) is 3.02. The normalized spacial score (nSPS) is 12.4. The second kappa shape index (κ2) is 9.80. The fourth-order valence-electron chi connectivity index (χ4n) is 1.74. The second-order valence-electron chi connectivity index (χ2n) is 4.78. The number of esters is 1. The first kappa shape index (κ1) is 20.9. The van der Waals surface area contributed by atoms with Crippen LogP contribution in [0.1, 0.15) is 18.4 Å². The maximum atomic E-state index is 12.0. The molecule has 1 atom stereocenters. The topological polar surface area (TPSA) is 152 Å². The Kier molecular flexibility index (Phi) is 8.89. The van der Waals surface area contributed by atoms with E-state index in [1.165, 1.54) is 0 Å². The van der Waals surface area contributed by atoms with Gasteiger partial charge in [-0.3, -0.25) is 5.41 Å². The highest BCUT2D eigenvalue weighted by atomic mass is 79.9. The SMILES string of the molecule is Br.N=C(N)NCCC[C@](N)(C(=O)O)C(=O)OCc1ccccc1. The number of carboxylic acid groups (broad SMARTS) is 1. The summed E-state index contributed by atoms with van der Waals surface area (Å²) < 4.78 is 5.00. The Labute approximate surface area is 144 Å². The number of benzene rings is 1. The van der Waals surface area contributed by atoms with E-state index in [4.69, 9.17) is 21.6 Å². The number of guanidine groups is 1. The summed E-state index contributed by atoms with van der Waals surface area (Å²) in [6, 6.07) is 8.89. The molecule has 7 N–H and O–H groups in total. The molecule has 0 bridgehead atoms. The van der Waals surface area contributed by atoms with Gasteiger partial charge < -0.3 is 26.6 Å². The van der Waals surface area contributed by atoms with Crippen LogP contribution in [0.15, 0.2) is 30.3 Å². The first-order chi connectivity index (χ1) is 10.4. The van der Waals surface area contributed by atoms with E-state index in [1.54, 1.807) is 24.3 Å². The van der Waals surface area contributed by atoms with E-state index in [9.17, 15) is 14.7 Å². The Bertz CT molecular complexity index is 541. The number of rotatable bonds is 8. The predicted octanol–water partition coefficient (Wildman–Crippen LogP) is 0.353. The van der Waals surface area contributed by atoms with Crippen LogP contribution < -0.4 is 16.8 Å². The van der Waals surface area contributed by atoms with Gasteiger partial charge in [-0.1, -0.05) is 30.3 Å². The fraction of sp³-hybridized carbons (Fsp3) is 0.357.